The summed E-state index contributed by atoms with van der Waals surface area (Å²) < 4.78 is 14.6. The van der Waals surface area contributed by atoms with Gasteiger partial charge in [0.2, 0.25) is 0 Å². The molecule has 3 heteroatoms. The maximum absolute atomic E-state index is 13.9. The van der Waals surface area contributed by atoms with E-state index in [1.54, 1.807) is 12.1 Å². The Bertz CT molecular complexity index is 599. The summed E-state index contributed by atoms with van der Waals surface area (Å²) in [6.07, 6.45) is -0.946. The average Bonchev–Trinajstić information content (AvgIpc) is 2.30. The van der Waals surface area contributed by atoms with E-state index in [4.69, 9.17) is 0 Å². The van der Waals surface area contributed by atoms with E-state index in [9.17, 15) is 9.50 Å². The summed E-state index contributed by atoms with van der Waals surface area (Å²) in [4.78, 5) is 0. The molecule has 0 saturated carbocycles. The smallest absolute Gasteiger partial charge is 0.129 e. The molecule has 0 bridgehead atoms. The van der Waals surface area contributed by atoms with Crippen LogP contribution in [0.4, 0.5) is 4.39 Å². The Morgan fingerprint density at radius 1 is 1.05 bits per heavy atom. The van der Waals surface area contributed by atoms with Gasteiger partial charge in [-0.1, -0.05) is 33.6 Å². The number of hydrogen-bond acceptors (Lipinski definition) is 1. The lowest BCUT2D eigenvalue weighted by atomic mass is 9.92. The molecule has 0 aliphatic rings. The molecule has 1 N–H and O–H groups in total. The summed E-state index contributed by atoms with van der Waals surface area (Å²) in [5, 5.41) is 10.5. The Kier molecular flexibility index (Phi) is 4.07. The van der Waals surface area contributed by atoms with Crippen LogP contribution in [0.3, 0.4) is 0 Å². The van der Waals surface area contributed by atoms with Crippen molar-refractivity contribution in [2.45, 2.75) is 26.9 Å². The number of benzene rings is 2. The van der Waals surface area contributed by atoms with Crippen LogP contribution in [0.25, 0.3) is 0 Å². The van der Waals surface area contributed by atoms with Gasteiger partial charge in [0.25, 0.3) is 0 Å². The highest BCUT2D eigenvalue weighted by Gasteiger charge is 2.19. The van der Waals surface area contributed by atoms with Crippen molar-refractivity contribution in [1.82, 2.24) is 0 Å². The molecule has 1 unspecified atom stereocenters. The van der Waals surface area contributed by atoms with Crippen molar-refractivity contribution < 1.29 is 9.50 Å². The minimum absolute atomic E-state index is 0.296. The standard InChI is InChI=1S/C16H16BrFO/c1-9-6-10(2)15(11(3)7-9)16(19)13-8-12(17)4-5-14(13)18/h4-8,16,19H,1-3H3. The van der Waals surface area contributed by atoms with Crippen LogP contribution in [-0.4, -0.2) is 5.11 Å². The first-order valence-corrected chi connectivity index (χ1v) is 6.90. The largest absolute Gasteiger partial charge is 0.384 e. The Hall–Kier alpha value is -1.19. The molecule has 0 aliphatic carbocycles. The van der Waals surface area contributed by atoms with Crippen molar-refractivity contribution in [1.29, 1.82) is 0 Å². The molecule has 1 nitrogen and oxygen atoms in total. The van der Waals surface area contributed by atoms with Crippen LogP contribution >= 0.6 is 15.9 Å². The molecule has 1 atom stereocenters. The first-order valence-electron chi connectivity index (χ1n) is 6.11. The van der Waals surface area contributed by atoms with Crippen LogP contribution in [-0.2, 0) is 0 Å². The van der Waals surface area contributed by atoms with Gasteiger partial charge in [-0.15, -0.1) is 0 Å². The van der Waals surface area contributed by atoms with E-state index in [1.807, 2.05) is 32.9 Å². The summed E-state index contributed by atoms with van der Waals surface area (Å²) in [6, 6.07) is 8.61. The number of aryl methyl sites for hydroxylation is 3. The Labute approximate surface area is 121 Å². The van der Waals surface area contributed by atoms with Crippen LogP contribution < -0.4 is 0 Å². The summed E-state index contributed by atoms with van der Waals surface area (Å²) in [7, 11) is 0. The number of aliphatic hydroxyl groups is 1. The minimum Gasteiger partial charge on any atom is -0.384 e. The van der Waals surface area contributed by atoms with Gasteiger partial charge in [0.05, 0.1) is 0 Å². The molecule has 0 amide bonds. The van der Waals surface area contributed by atoms with Crippen molar-refractivity contribution >= 4 is 15.9 Å². The maximum Gasteiger partial charge on any atom is 0.129 e. The van der Waals surface area contributed by atoms with Gasteiger partial charge in [0, 0.05) is 10.0 Å². The minimum atomic E-state index is -0.946. The number of rotatable bonds is 2. The normalized spacial score (nSPS) is 12.5. The van der Waals surface area contributed by atoms with Crippen molar-refractivity contribution in [2.24, 2.45) is 0 Å². The Balaban J connectivity index is 2.56. The molecule has 0 aliphatic heterocycles. The Morgan fingerprint density at radius 2 is 1.63 bits per heavy atom. The lowest BCUT2D eigenvalue weighted by molar-refractivity contribution is 0.213. The fourth-order valence-electron chi connectivity index (χ4n) is 2.50. The van der Waals surface area contributed by atoms with E-state index in [0.717, 1.165) is 26.7 Å². The highest BCUT2D eigenvalue weighted by atomic mass is 79.9. The van der Waals surface area contributed by atoms with Gasteiger partial charge in [0.1, 0.15) is 11.9 Å². The van der Waals surface area contributed by atoms with Gasteiger partial charge in [-0.2, -0.15) is 0 Å². The predicted molar refractivity (Wildman–Crippen MR) is 78.8 cm³/mol. The molecule has 0 aromatic heterocycles. The second-order valence-corrected chi connectivity index (χ2v) is 5.80. The summed E-state index contributed by atoms with van der Waals surface area (Å²) in [6.45, 7) is 5.89. The zero-order valence-corrected chi connectivity index (χ0v) is 12.8. The zero-order valence-electron chi connectivity index (χ0n) is 11.2. The quantitative estimate of drug-likeness (QED) is 0.857. The van der Waals surface area contributed by atoms with Crippen molar-refractivity contribution in [3.8, 4) is 0 Å². The Morgan fingerprint density at radius 3 is 2.21 bits per heavy atom. The van der Waals surface area contributed by atoms with Crippen molar-refractivity contribution in [3.63, 3.8) is 0 Å². The number of halogens is 2. The molecule has 0 heterocycles. The summed E-state index contributed by atoms with van der Waals surface area (Å²) >= 11 is 3.31. The van der Waals surface area contributed by atoms with Gasteiger partial charge >= 0.3 is 0 Å². The lowest BCUT2D eigenvalue weighted by Gasteiger charge is -2.18. The van der Waals surface area contributed by atoms with Gasteiger partial charge in [-0.3, -0.25) is 0 Å². The van der Waals surface area contributed by atoms with Gasteiger partial charge in [0.15, 0.2) is 0 Å². The van der Waals surface area contributed by atoms with E-state index >= 15 is 0 Å². The highest BCUT2D eigenvalue weighted by molar-refractivity contribution is 9.10. The number of hydrogen-bond donors (Lipinski definition) is 1. The summed E-state index contributed by atoms with van der Waals surface area (Å²) in [5.41, 5.74) is 4.17. The molecule has 2 aromatic carbocycles. The second kappa shape index (κ2) is 5.43. The van der Waals surface area contributed by atoms with E-state index in [2.05, 4.69) is 15.9 Å². The fourth-order valence-corrected chi connectivity index (χ4v) is 2.88. The monoisotopic (exact) mass is 322 g/mol. The van der Waals surface area contributed by atoms with E-state index in [0.29, 0.717) is 5.56 Å². The SMILES string of the molecule is Cc1cc(C)c(C(O)c2cc(Br)ccc2F)c(C)c1. The second-order valence-electron chi connectivity index (χ2n) is 4.88. The third-order valence-electron chi connectivity index (χ3n) is 3.26. The lowest BCUT2D eigenvalue weighted by Crippen LogP contribution is -2.07. The van der Waals surface area contributed by atoms with Crippen LogP contribution in [0.15, 0.2) is 34.8 Å². The topological polar surface area (TPSA) is 20.2 Å². The van der Waals surface area contributed by atoms with Crippen LogP contribution in [0.2, 0.25) is 0 Å². The first-order chi connectivity index (χ1) is 8.90. The molecule has 2 aromatic rings. The maximum atomic E-state index is 13.9. The van der Waals surface area contributed by atoms with Crippen LogP contribution in [0, 0.1) is 26.6 Å². The van der Waals surface area contributed by atoms with Gasteiger partial charge < -0.3 is 5.11 Å². The van der Waals surface area contributed by atoms with Gasteiger partial charge in [-0.25, -0.2) is 4.39 Å². The number of aliphatic hydroxyl groups excluding tert-OH is 1. The first kappa shape index (κ1) is 14.2. The summed E-state index contributed by atoms with van der Waals surface area (Å²) in [5.74, 6) is -0.393. The molecular weight excluding hydrogens is 307 g/mol. The molecule has 0 radical (unpaired) electrons. The van der Waals surface area contributed by atoms with Gasteiger partial charge in [-0.05, 0) is 55.7 Å². The zero-order chi connectivity index (χ0) is 14.2. The molecule has 100 valence electrons. The average molecular weight is 323 g/mol. The van der Waals surface area contributed by atoms with Crippen molar-refractivity contribution in [3.05, 3.63) is 68.4 Å². The van der Waals surface area contributed by atoms with E-state index in [1.165, 1.54) is 6.07 Å². The van der Waals surface area contributed by atoms with E-state index in [-0.39, 0.29) is 0 Å². The molecule has 2 rings (SSSR count). The molecule has 0 fully saturated rings. The predicted octanol–water partition coefficient (Wildman–Crippen LogP) is 4.60. The molecule has 0 spiro atoms. The highest BCUT2D eigenvalue weighted by Crippen LogP contribution is 2.31. The molecule has 0 saturated heterocycles. The van der Waals surface area contributed by atoms with Crippen LogP contribution in [0.5, 0.6) is 0 Å². The van der Waals surface area contributed by atoms with E-state index < -0.39 is 11.9 Å². The van der Waals surface area contributed by atoms with Crippen molar-refractivity contribution in [2.75, 3.05) is 0 Å². The fraction of sp³-hybridized carbons (Fsp3) is 0.250. The third kappa shape index (κ3) is 2.88. The molecular formula is C16H16BrFO. The third-order valence-corrected chi connectivity index (χ3v) is 3.76. The molecule has 19 heavy (non-hydrogen) atoms. The van der Waals surface area contributed by atoms with Crippen LogP contribution in [0.1, 0.15) is 33.9 Å².